The predicted molar refractivity (Wildman–Crippen MR) is 131 cm³/mol. The van der Waals surface area contributed by atoms with Crippen LogP contribution in [-0.2, 0) is 33.4 Å². The number of methoxy groups -OCH3 is 1. The van der Waals surface area contributed by atoms with E-state index in [2.05, 4.69) is 5.32 Å². The summed E-state index contributed by atoms with van der Waals surface area (Å²) in [4.78, 5) is 48.8. The second-order valence-electron chi connectivity index (χ2n) is 10.3. The van der Waals surface area contributed by atoms with Crippen LogP contribution in [0.5, 0.6) is 0 Å². The standard InChI is InChI=1S/C27H39NO8/c1-15-12-16(2)25(17(3)19(29)9-7-8-18-13-21(30)28-22(31)14-18)36-23(32)11-6-5-10-20-26(35-20)27(34-4)24(15)33/h6,11-12,15,17-18,20,24-27,33H,5,7-10,13-14H2,1-4H3,(H,28,30,31)/b11-6+,16-12-/t15-,17-,20?,24+,25-,26?,27-/m1/s1. The maximum absolute atomic E-state index is 13.1. The first kappa shape index (κ1) is 28.2. The number of hydrogen-bond donors (Lipinski definition) is 2. The van der Waals surface area contributed by atoms with E-state index in [1.165, 1.54) is 6.08 Å². The van der Waals surface area contributed by atoms with E-state index in [1.807, 2.05) is 13.0 Å². The first-order valence-electron chi connectivity index (χ1n) is 12.9. The molecule has 0 aromatic carbocycles. The van der Waals surface area contributed by atoms with Gasteiger partial charge in [-0.05, 0) is 44.1 Å². The number of nitrogens with one attached hydrogen (secondary N) is 1. The van der Waals surface area contributed by atoms with Gasteiger partial charge in [0.25, 0.3) is 0 Å². The molecule has 0 radical (unpaired) electrons. The Balaban J connectivity index is 1.68. The Labute approximate surface area is 212 Å². The van der Waals surface area contributed by atoms with E-state index in [-0.39, 0.29) is 48.1 Å². The first-order chi connectivity index (χ1) is 17.1. The van der Waals surface area contributed by atoms with Gasteiger partial charge < -0.3 is 19.3 Å². The van der Waals surface area contributed by atoms with Crippen molar-refractivity contribution in [2.24, 2.45) is 17.8 Å². The number of fused-ring (bicyclic) bond motifs is 1. The minimum Gasteiger partial charge on any atom is -0.454 e. The lowest BCUT2D eigenvalue weighted by Crippen LogP contribution is -2.39. The van der Waals surface area contributed by atoms with Crippen LogP contribution in [0, 0.1) is 17.8 Å². The lowest BCUT2D eigenvalue weighted by molar-refractivity contribution is -0.145. The van der Waals surface area contributed by atoms with E-state index in [9.17, 15) is 24.3 Å². The SMILES string of the molecule is CO[C@H]1C2OC2CC/C=C/C(=O)O[C@@H]([C@H](C)C(=O)CCCC2CC(=O)NC(=O)C2)/C(C)=C\[C@@H](C)[C@@H]1O. The third kappa shape index (κ3) is 7.57. The van der Waals surface area contributed by atoms with Crippen molar-refractivity contribution in [2.45, 2.75) is 96.2 Å². The zero-order valence-corrected chi connectivity index (χ0v) is 21.6. The second-order valence-corrected chi connectivity index (χ2v) is 10.3. The second kappa shape index (κ2) is 12.7. The molecule has 2 unspecified atom stereocenters. The summed E-state index contributed by atoms with van der Waals surface area (Å²) in [6.07, 6.45) is 5.98. The van der Waals surface area contributed by atoms with Gasteiger partial charge in [0, 0.05) is 38.4 Å². The number of carbonyl (C=O) groups excluding carboxylic acids is 4. The molecule has 0 aromatic rings. The van der Waals surface area contributed by atoms with Crippen LogP contribution in [0.25, 0.3) is 0 Å². The van der Waals surface area contributed by atoms with Gasteiger partial charge in [0.05, 0.1) is 18.1 Å². The van der Waals surface area contributed by atoms with Crippen LogP contribution < -0.4 is 5.32 Å². The van der Waals surface area contributed by atoms with E-state index in [0.29, 0.717) is 44.1 Å². The highest BCUT2D eigenvalue weighted by Crippen LogP contribution is 2.35. The summed E-state index contributed by atoms with van der Waals surface area (Å²) in [7, 11) is 1.56. The topological polar surface area (TPSA) is 132 Å². The third-order valence-electron chi connectivity index (χ3n) is 7.41. The van der Waals surface area contributed by atoms with Gasteiger partial charge in [-0.25, -0.2) is 4.79 Å². The van der Waals surface area contributed by atoms with Crippen LogP contribution in [0.2, 0.25) is 0 Å². The lowest BCUT2D eigenvalue weighted by Gasteiger charge is -2.28. The number of allylic oxidation sites excluding steroid dienone is 1. The number of ether oxygens (including phenoxy) is 3. The Morgan fingerprint density at radius 2 is 1.94 bits per heavy atom. The van der Waals surface area contributed by atoms with Gasteiger partial charge in [-0.1, -0.05) is 26.0 Å². The molecule has 2 N–H and O–H groups in total. The van der Waals surface area contributed by atoms with E-state index < -0.39 is 30.2 Å². The highest BCUT2D eigenvalue weighted by molar-refractivity contribution is 5.97. The summed E-state index contributed by atoms with van der Waals surface area (Å²) in [5.74, 6) is -2.10. The highest BCUT2D eigenvalue weighted by Gasteiger charge is 2.48. The smallest absolute Gasteiger partial charge is 0.331 e. The molecule has 200 valence electrons. The predicted octanol–water partition coefficient (Wildman–Crippen LogP) is 2.40. The van der Waals surface area contributed by atoms with Gasteiger partial charge in [0.1, 0.15) is 24.1 Å². The number of amides is 2. The summed E-state index contributed by atoms with van der Waals surface area (Å²) in [6, 6.07) is 0. The zero-order valence-electron chi connectivity index (χ0n) is 21.6. The van der Waals surface area contributed by atoms with E-state index in [1.54, 1.807) is 27.0 Å². The molecule has 3 aliphatic heterocycles. The molecule has 2 saturated heterocycles. The van der Waals surface area contributed by atoms with Crippen LogP contribution in [0.4, 0.5) is 0 Å². The fourth-order valence-electron chi connectivity index (χ4n) is 5.27. The van der Waals surface area contributed by atoms with Crippen molar-refractivity contribution < 1.29 is 38.5 Å². The number of ketones is 1. The average molecular weight is 506 g/mol. The van der Waals surface area contributed by atoms with Gasteiger partial charge in [-0.3, -0.25) is 19.7 Å². The van der Waals surface area contributed by atoms with Crippen LogP contribution in [0.3, 0.4) is 0 Å². The Morgan fingerprint density at radius 1 is 1.25 bits per heavy atom. The Morgan fingerprint density at radius 3 is 2.61 bits per heavy atom. The van der Waals surface area contributed by atoms with Crippen LogP contribution >= 0.6 is 0 Å². The molecule has 7 atom stereocenters. The van der Waals surface area contributed by atoms with Crippen molar-refractivity contribution in [3.05, 3.63) is 23.8 Å². The van der Waals surface area contributed by atoms with Gasteiger partial charge >= 0.3 is 5.97 Å². The molecule has 9 heteroatoms. The molecule has 0 saturated carbocycles. The molecule has 0 aromatic heterocycles. The molecule has 0 aliphatic carbocycles. The maximum Gasteiger partial charge on any atom is 0.331 e. The molecule has 3 rings (SSSR count). The Bertz CT molecular complexity index is 880. The molecule has 3 heterocycles. The zero-order chi connectivity index (χ0) is 26.4. The highest BCUT2D eigenvalue weighted by atomic mass is 16.6. The van der Waals surface area contributed by atoms with E-state index >= 15 is 0 Å². The Kier molecular flexibility index (Phi) is 9.99. The number of aliphatic hydroxyl groups is 1. The monoisotopic (exact) mass is 505 g/mol. The van der Waals surface area contributed by atoms with Gasteiger partial charge in [-0.2, -0.15) is 0 Å². The minimum atomic E-state index is -0.823. The normalized spacial score (nSPS) is 35.4. The number of hydrogen-bond acceptors (Lipinski definition) is 8. The summed E-state index contributed by atoms with van der Waals surface area (Å²) < 4.78 is 17.0. The molecular formula is C27H39NO8. The summed E-state index contributed by atoms with van der Waals surface area (Å²) in [6.45, 7) is 5.39. The van der Waals surface area contributed by atoms with E-state index in [4.69, 9.17) is 14.2 Å². The van der Waals surface area contributed by atoms with Crippen molar-refractivity contribution in [1.82, 2.24) is 5.32 Å². The lowest BCUT2D eigenvalue weighted by atomic mass is 9.86. The molecule has 36 heavy (non-hydrogen) atoms. The van der Waals surface area contributed by atoms with Crippen LogP contribution in [0.15, 0.2) is 23.8 Å². The Hall–Kier alpha value is -2.36. The number of cyclic esters (lactones) is 1. The molecule has 2 fully saturated rings. The number of imide groups is 1. The number of epoxide rings is 1. The molecule has 0 spiro atoms. The molecule has 9 nitrogen and oxygen atoms in total. The van der Waals surface area contributed by atoms with Gasteiger partial charge in [0.15, 0.2) is 0 Å². The van der Waals surface area contributed by atoms with Crippen molar-refractivity contribution in [3.8, 4) is 0 Å². The maximum atomic E-state index is 13.1. The first-order valence-corrected chi connectivity index (χ1v) is 12.9. The number of esters is 1. The van der Waals surface area contributed by atoms with Crippen molar-refractivity contribution in [1.29, 1.82) is 0 Å². The average Bonchev–Trinajstić information content (AvgIpc) is 3.58. The summed E-state index contributed by atoms with van der Waals surface area (Å²) in [5.41, 5.74) is 0.680. The molecule has 3 aliphatic rings. The molecular weight excluding hydrogens is 466 g/mol. The molecule has 0 bridgehead atoms. The quantitative estimate of drug-likeness (QED) is 0.233. The number of Topliss-reactive ketones (excluding diaryl/α,β-unsaturated/α-hetero) is 1. The van der Waals surface area contributed by atoms with Crippen LogP contribution in [-0.4, -0.2) is 66.3 Å². The van der Waals surface area contributed by atoms with E-state index in [0.717, 1.165) is 0 Å². The van der Waals surface area contributed by atoms with Crippen molar-refractivity contribution >= 4 is 23.6 Å². The number of piperidine rings is 1. The number of carbonyl (C=O) groups is 4. The van der Waals surface area contributed by atoms with Crippen molar-refractivity contribution in [3.63, 3.8) is 0 Å². The van der Waals surface area contributed by atoms with Crippen LogP contribution in [0.1, 0.15) is 65.7 Å². The largest absolute Gasteiger partial charge is 0.454 e. The van der Waals surface area contributed by atoms with Crippen molar-refractivity contribution in [2.75, 3.05) is 7.11 Å². The number of rotatable bonds is 7. The number of aliphatic hydroxyl groups excluding tert-OH is 1. The fraction of sp³-hybridized carbons (Fsp3) is 0.704. The summed E-state index contributed by atoms with van der Waals surface area (Å²) in [5, 5.41) is 13.2. The van der Waals surface area contributed by atoms with Gasteiger partial charge in [-0.15, -0.1) is 0 Å². The fourth-order valence-corrected chi connectivity index (χ4v) is 5.27. The van der Waals surface area contributed by atoms with Gasteiger partial charge in [0.2, 0.25) is 11.8 Å². The summed E-state index contributed by atoms with van der Waals surface area (Å²) >= 11 is 0. The minimum absolute atomic E-state index is 0.0167. The molecule has 2 amide bonds. The third-order valence-corrected chi connectivity index (χ3v) is 7.41.